The van der Waals surface area contributed by atoms with Crippen molar-refractivity contribution in [1.82, 2.24) is 19.9 Å². The van der Waals surface area contributed by atoms with Crippen LogP contribution in [-0.4, -0.2) is 38.9 Å². The molecular formula is C16H20N4O. The second kappa shape index (κ2) is 6.52. The number of aromatic nitrogens is 3. The maximum Gasteiger partial charge on any atom is 0.276 e. The second-order valence-electron chi connectivity index (χ2n) is 5.44. The van der Waals surface area contributed by atoms with E-state index in [1.165, 1.54) is 19.3 Å². The van der Waals surface area contributed by atoms with Gasteiger partial charge in [-0.15, -0.1) is 5.10 Å². The topological polar surface area (TPSA) is 51.0 Å². The van der Waals surface area contributed by atoms with Crippen LogP contribution in [0.4, 0.5) is 0 Å². The van der Waals surface area contributed by atoms with E-state index >= 15 is 0 Å². The molecule has 2 aromatic rings. The SMILES string of the molecule is O=C(c1cn(-c2ccccc2)nn1)N1CCCCCCC1. The lowest BCUT2D eigenvalue weighted by atomic mass is 10.1. The molecule has 1 amide bonds. The van der Waals surface area contributed by atoms with Gasteiger partial charge in [0, 0.05) is 13.1 Å². The van der Waals surface area contributed by atoms with Crippen molar-refractivity contribution in [2.24, 2.45) is 0 Å². The van der Waals surface area contributed by atoms with Gasteiger partial charge >= 0.3 is 0 Å². The Balaban J connectivity index is 1.74. The van der Waals surface area contributed by atoms with Crippen molar-refractivity contribution in [2.45, 2.75) is 32.1 Å². The number of amides is 1. The Morgan fingerprint density at radius 3 is 2.33 bits per heavy atom. The van der Waals surface area contributed by atoms with Gasteiger partial charge in [0.1, 0.15) is 0 Å². The standard InChI is InChI=1S/C16H20N4O/c21-16(19-11-7-2-1-3-8-12-19)15-13-20(18-17-15)14-9-5-4-6-10-14/h4-6,9-10,13H,1-3,7-8,11-12H2. The number of rotatable bonds is 2. The highest BCUT2D eigenvalue weighted by atomic mass is 16.2. The van der Waals surface area contributed by atoms with Crippen molar-refractivity contribution < 1.29 is 4.79 Å². The summed E-state index contributed by atoms with van der Waals surface area (Å²) in [6, 6.07) is 9.72. The van der Waals surface area contributed by atoms with E-state index in [0.717, 1.165) is 31.6 Å². The first-order valence-corrected chi connectivity index (χ1v) is 7.61. The van der Waals surface area contributed by atoms with E-state index in [1.54, 1.807) is 10.9 Å². The van der Waals surface area contributed by atoms with Gasteiger partial charge in [-0.3, -0.25) is 4.79 Å². The number of hydrogen-bond donors (Lipinski definition) is 0. The molecule has 2 heterocycles. The number of benzene rings is 1. The van der Waals surface area contributed by atoms with Crippen molar-refractivity contribution in [1.29, 1.82) is 0 Å². The molecule has 5 nitrogen and oxygen atoms in total. The molecule has 21 heavy (non-hydrogen) atoms. The number of carbonyl (C=O) groups is 1. The first kappa shape index (κ1) is 13.8. The summed E-state index contributed by atoms with van der Waals surface area (Å²) in [4.78, 5) is 14.4. The van der Waals surface area contributed by atoms with Gasteiger partial charge in [-0.1, -0.05) is 42.7 Å². The third-order valence-corrected chi connectivity index (χ3v) is 3.88. The minimum Gasteiger partial charge on any atom is -0.337 e. The van der Waals surface area contributed by atoms with E-state index in [-0.39, 0.29) is 5.91 Å². The molecule has 0 N–H and O–H groups in total. The smallest absolute Gasteiger partial charge is 0.276 e. The van der Waals surface area contributed by atoms with Crippen molar-refractivity contribution >= 4 is 5.91 Å². The maximum atomic E-state index is 12.5. The fraction of sp³-hybridized carbons (Fsp3) is 0.438. The quantitative estimate of drug-likeness (QED) is 0.852. The van der Waals surface area contributed by atoms with E-state index in [1.807, 2.05) is 35.2 Å². The molecule has 1 saturated heterocycles. The number of para-hydroxylation sites is 1. The highest BCUT2D eigenvalue weighted by Gasteiger charge is 2.19. The summed E-state index contributed by atoms with van der Waals surface area (Å²) in [5.74, 6) is -0.000851. The molecule has 0 radical (unpaired) electrons. The van der Waals surface area contributed by atoms with E-state index in [9.17, 15) is 4.79 Å². The average molecular weight is 284 g/mol. The van der Waals surface area contributed by atoms with Crippen molar-refractivity contribution in [3.63, 3.8) is 0 Å². The molecule has 0 atom stereocenters. The molecule has 110 valence electrons. The van der Waals surface area contributed by atoms with E-state index in [4.69, 9.17) is 0 Å². The van der Waals surface area contributed by atoms with Crippen LogP contribution in [0.2, 0.25) is 0 Å². The fourth-order valence-electron chi connectivity index (χ4n) is 2.68. The van der Waals surface area contributed by atoms with Gasteiger partial charge in [0.15, 0.2) is 5.69 Å². The minimum absolute atomic E-state index is 0.000851. The molecule has 5 heteroatoms. The zero-order chi connectivity index (χ0) is 14.5. The molecule has 1 aromatic heterocycles. The molecule has 0 spiro atoms. The van der Waals surface area contributed by atoms with Crippen LogP contribution < -0.4 is 0 Å². The first-order chi connectivity index (χ1) is 10.3. The van der Waals surface area contributed by atoms with Crippen molar-refractivity contribution in [3.05, 3.63) is 42.2 Å². The molecule has 0 unspecified atom stereocenters. The highest BCUT2D eigenvalue weighted by molar-refractivity contribution is 5.92. The number of nitrogens with zero attached hydrogens (tertiary/aromatic N) is 4. The van der Waals surface area contributed by atoms with E-state index < -0.39 is 0 Å². The van der Waals surface area contributed by atoms with Crippen LogP contribution in [0.15, 0.2) is 36.5 Å². The lowest BCUT2D eigenvalue weighted by molar-refractivity contribution is 0.0736. The maximum absolute atomic E-state index is 12.5. The molecule has 0 saturated carbocycles. The van der Waals surface area contributed by atoms with Gasteiger partial charge in [-0.25, -0.2) is 4.68 Å². The van der Waals surface area contributed by atoms with Gasteiger partial charge in [-0.05, 0) is 25.0 Å². The molecule has 1 aliphatic rings. The molecule has 0 aliphatic carbocycles. The van der Waals surface area contributed by atoms with E-state index in [0.29, 0.717) is 5.69 Å². The van der Waals surface area contributed by atoms with Crippen LogP contribution in [-0.2, 0) is 0 Å². The Morgan fingerprint density at radius 1 is 0.952 bits per heavy atom. The average Bonchev–Trinajstić information content (AvgIpc) is 2.97. The summed E-state index contributed by atoms with van der Waals surface area (Å²) in [5.41, 5.74) is 1.34. The third-order valence-electron chi connectivity index (χ3n) is 3.88. The fourth-order valence-corrected chi connectivity index (χ4v) is 2.68. The second-order valence-corrected chi connectivity index (χ2v) is 5.44. The number of likely N-dealkylation sites (tertiary alicyclic amines) is 1. The lowest BCUT2D eigenvalue weighted by Crippen LogP contribution is -2.34. The Kier molecular flexibility index (Phi) is 4.28. The van der Waals surface area contributed by atoms with E-state index in [2.05, 4.69) is 10.3 Å². The molecule has 3 rings (SSSR count). The van der Waals surface area contributed by atoms with Crippen molar-refractivity contribution in [3.8, 4) is 5.69 Å². The first-order valence-electron chi connectivity index (χ1n) is 7.61. The lowest BCUT2D eigenvalue weighted by Gasteiger charge is -2.23. The summed E-state index contributed by atoms with van der Waals surface area (Å²) in [6.07, 6.45) is 7.58. The van der Waals surface area contributed by atoms with Crippen LogP contribution in [0.1, 0.15) is 42.6 Å². The predicted octanol–water partition coefficient (Wildman–Crippen LogP) is 2.67. The van der Waals surface area contributed by atoms with Gasteiger partial charge in [0.25, 0.3) is 5.91 Å². The molecular weight excluding hydrogens is 264 g/mol. The van der Waals surface area contributed by atoms with Crippen LogP contribution in [0.3, 0.4) is 0 Å². The number of carbonyl (C=O) groups excluding carboxylic acids is 1. The zero-order valence-electron chi connectivity index (χ0n) is 12.1. The molecule has 1 aromatic carbocycles. The van der Waals surface area contributed by atoms with Gasteiger partial charge in [-0.2, -0.15) is 0 Å². The Morgan fingerprint density at radius 2 is 1.62 bits per heavy atom. The van der Waals surface area contributed by atoms with Crippen LogP contribution >= 0.6 is 0 Å². The Labute approximate surface area is 124 Å². The minimum atomic E-state index is -0.000851. The Bertz CT molecular complexity index is 585. The molecule has 1 fully saturated rings. The summed E-state index contributed by atoms with van der Waals surface area (Å²) in [7, 11) is 0. The van der Waals surface area contributed by atoms with Gasteiger partial charge in [0.05, 0.1) is 11.9 Å². The zero-order valence-corrected chi connectivity index (χ0v) is 12.1. The molecule has 0 bridgehead atoms. The van der Waals surface area contributed by atoms with Gasteiger partial charge < -0.3 is 4.90 Å². The van der Waals surface area contributed by atoms with Crippen molar-refractivity contribution in [2.75, 3.05) is 13.1 Å². The van der Waals surface area contributed by atoms with Crippen LogP contribution in [0, 0.1) is 0 Å². The summed E-state index contributed by atoms with van der Waals surface area (Å²) in [6.45, 7) is 1.66. The number of hydrogen-bond acceptors (Lipinski definition) is 3. The monoisotopic (exact) mass is 284 g/mol. The molecule has 1 aliphatic heterocycles. The summed E-state index contributed by atoms with van der Waals surface area (Å²) in [5, 5.41) is 8.11. The summed E-state index contributed by atoms with van der Waals surface area (Å²) < 4.78 is 1.65. The normalized spacial score (nSPS) is 16.3. The predicted molar refractivity (Wildman–Crippen MR) is 80.3 cm³/mol. The largest absolute Gasteiger partial charge is 0.337 e. The highest BCUT2D eigenvalue weighted by Crippen LogP contribution is 2.13. The van der Waals surface area contributed by atoms with Crippen LogP contribution in [0.25, 0.3) is 5.69 Å². The van der Waals surface area contributed by atoms with Crippen LogP contribution in [0.5, 0.6) is 0 Å². The van der Waals surface area contributed by atoms with Gasteiger partial charge in [0.2, 0.25) is 0 Å². The Hall–Kier alpha value is -2.17. The summed E-state index contributed by atoms with van der Waals surface area (Å²) >= 11 is 0. The third kappa shape index (κ3) is 3.29.